The van der Waals surface area contributed by atoms with Crippen molar-refractivity contribution in [1.82, 2.24) is 0 Å². The van der Waals surface area contributed by atoms with Crippen molar-refractivity contribution >= 4 is 12.6 Å². The van der Waals surface area contributed by atoms with E-state index in [0.29, 0.717) is 5.56 Å². The van der Waals surface area contributed by atoms with E-state index in [9.17, 15) is 14.4 Å². The number of unbranched alkanes of at least 4 members (excludes halogenated alkanes) is 2. The molecule has 21 heavy (non-hydrogen) atoms. The molecule has 0 atom stereocenters. The molecule has 110 valence electrons. The van der Waals surface area contributed by atoms with Crippen LogP contribution in [0.5, 0.6) is 0 Å². The van der Waals surface area contributed by atoms with Crippen LogP contribution in [0.4, 0.5) is 4.39 Å². The van der Waals surface area contributed by atoms with E-state index in [4.69, 9.17) is 0 Å². The molecule has 0 unspecified atom stereocenters. The fourth-order valence-corrected chi connectivity index (χ4v) is 2.48. The molecule has 0 saturated carbocycles. The Labute approximate surface area is 125 Å². The van der Waals surface area contributed by atoms with Crippen molar-refractivity contribution < 1.29 is 14.4 Å². The van der Waals surface area contributed by atoms with Crippen LogP contribution < -0.4 is 5.46 Å². The molecule has 0 aromatic heterocycles. The molecule has 0 fully saturated rings. The van der Waals surface area contributed by atoms with Crippen LogP contribution in [0.25, 0.3) is 11.1 Å². The molecule has 0 aliphatic carbocycles. The Balaban J connectivity index is 2.25. The van der Waals surface area contributed by atoms with E-state index >= 15 is 0 Å². The summed E-state index contributed by atoms with van der Waals surface area (Å²) in [7, 11) is -1.81. The molecule has 0 spiro atoms. The highest BCUT2D eigenvalue weighted by molar-refractivity contribution is 6.60. The van der Waals surface area contributed by atoms with Gasteiger partial charge in [-0.1, -0.05) is 56.2 Å². The van der Waals surface area contributed by atoms with Gasteiger partial charge in [-0.15, -0.1) is 0 Å². The Morgan fingerprint density at radius 3 is 2.33 bits per heavy atom. The average Bonchev–Trinajstić information content (AvgIpc) is 2.47. The van der Waals surface area contributed by atoms with Gasteiger partial charge in [-0.3, -0.25) is 0 Å². The lowest BCUT2D eigenvalue weighted by Crippen LogP contribution is -2.34. The van der Waals surface area contributed by atoms with Gasteiger partial charge in [-0.2, -0.15) is 0 Å². The average molecular weight is 286 g/mol. The quantitative estimate of drug-likeness (QED) is 0.633. The first-order chi connectivity index (χ1) is 10.1. The van der Waals surface area contributed by atoms with E-state index < -0.39 is 12.9 Å². The first-order valence-electron chi connectivity index (χ1n) is 7.37. The van der Waals surface area contributed by atoms with Gasteiger partial charge in [0.05, 0.1) is 0 Å². The maximum atomic E-state index is 13.8. The molecule has 2 rings (SSSR count). The van der Waals surface area contributed by atoms with E-state index in [1.807, 2.05) is 24.3 Å². The summed E-state index contributed by atoms with van der Waals surface area (Å²) in [4.78, 5) is 0. The lowest BCUT2D eigenvalue weighted by atomic mass is 9.75. The number of halogens is 1. The minimum absolute atomic E-state index is 0.0729. The summed E-state index contributed by atoms with van der Waals surface area (Å²) in [5, 5.41) is 18.7. The molecule has 0 radical (unpaired) electrons. The summed E-state index contributed by atoms with van der Waals surface area (Å²) in [6.45, 7) is 2.18. The van der Waals surface area contributed by atoms with Gasteiger partial charge in [0.2, 0.25) is 0 Å². The molecule has 0 heterocycles. The van der Waals surface area contributed by atoms with Gasteiger partial charge < -0.3 is 10.0 Å². The third-order valence-electron chi connectivity index (χ3n) is 3.65. The molecule has 0 amide bonds. The van der Waals surface area contributed by atoms with Crippen LogP contribution in [0.15, 0.2) is 42.5 Å². The maximum Gasteiger partial charge on any atom is 0.492 e. The second kappa shape index (κ2) is 7.39. The van der Waals surface area contributed by atoms with Gasteiger partial charge >= 0.3 is 7.12 Å². The summed E-state index contributed by atoms with van der Waals surface area (Å²) in [6.07, 6.45) is 4.61. The largest absolute Gasteiger partial charge is 0.492 e. The normalized spacial score (nSPS) is 10.7. The molecule has 2 N–H and O–H groups in total. The highest BCUT2D eigenvalue weighted by atomic mass is 19.1. The van der Waals surface area contributed by atoms with Crippen molar-refractivity contribution in [1.29, 1.82) is 0 Å². The molecular weight excluding hydrogens is 266 g/mol. The SMILES string of the molecule is CCCCCc1ccc(-c2cccc(F)c2B(O)O)cc1. The van der Waals surface area contributed by atoms with Gasteiger partial charge in [0.1, 0.15) is 5.82 Å². The van der Waals surface area contributed by atoms with E-state index in [1.165, 1.54) is 24.5 Å². The lowest BCUT2D eigenvalue weighted by Gasteiger charge is -2.11. The Kier molecular flexibility index (Phi) is 5.54. The van der Waals surface area contributed by atoms with Crippen LogP contribution in [-0.2, 0) is 6.42 Å². The Bertz CT molecular complexity index is 582. The molecule has 0 aliphatic heterocycles. The van der Waals surface area contributed by atoms with Crippen LogP contribution in [0.1, 0.15) is 31.7 Å². The van der Waals surface area contributed by atoms with Crippen molar-refractivity contribution in [2.24, 2.45) is 0 Å². The first kappa shape index (κ1) is 15.7. The standard InChI is InChI=1S/C17H20BFO2/c1-2-3-4-6-13-9-11-14(12-10-13)15-7-5-8-16(19)17(15)18(20)21/h5,7-12,20-21H,2-4,6H2,1H3. The Morgan fingerprint density at radius 2 is 1.71 bits per heavy atom. The van der Waals surface area contributed by atoms with E-state index in [-0.39, 0.29) is 5.46 Å². The predicted octanol–water partition coefficient (Wildman–Crippen LogP) is 2.91. The fourth-order valence-electron chi connectivity index (χ4n) is 2.48. The van der Waals surface area contributed by atoms with Crippen LogP contribution in [0.2, 0.25) is 0 Å². The highest BCUT2D eigenvalue weighted by Crippen LogP contribution is 2.20. The van der Waals surface area contributed by atoms with E-state index in [0.717, 1.165) is 18.4 Å². The van der Waals surface area contributed by atoms with E-state index in [2.05, 4.69) is 6.92 Å². The van der Waals surface area contributed by atoms with Crippen molar-refractivity contribution in [3.05, 3.63) is 53.8 Å². The zero-order valence-electron chi connectivity index (χ0n) is 12.2. The topological polar surface area (TPSA) is 40.5 Å². The third kappa shape index (κ3) is 3.93. The second-order valence-corrected chi connectivity index (χ2v) is 5.23. The fraction of sp³-hybridized carbons (Fsp3) is 0.294. The zero-order valence-corrected chi connectivity index (χ0v) is 12.2. The zero-order chi connectivity index (χ0) is 15.2. The Hall–Kier alpha value is -1.65. The first-order valence-corrected chi connectivity index (χ1v) is 7.37. The van der Waals surface area contributed by atoms with Gasteiger partial charge in [-0.25, -0.2) is 4.39 Å². The van der Waals surface area contributed by atoms with Crippen molar-refractivity contribution in [2.45, 2.75) is 32.6 Å². The summed E-state index contributed by atoms with van der Waals surface area (Å²) < 4.78 is 13.8. The van der Waals surface area contributed by atoms with Crippen molar-refractivity contribution in [3.8, 4) is 11.1 Å². The predicted molar refractivity (Wildman–Crippen MR) is 84.9 cm³/mol. The lowest BCUT2D eigenvalue weighted by molar-refractivity contribution is 0.423. The van der Waals surface area contributed by atoms with Gasteiger partial charge in [0.15, 0.2) is 0 Å². The minimum Gasteiger partial charge on any atom is -0.423 e. The molecule has 2 aromatic rings. The molecule has 0 bridgehead atoms. The molecule has 2 aromatic carbocycles. The summed E-state index contributed by atoms with van der Waals surface area (Å²) in [6, 6.07) is 12.4. The number of benzene rings is 2. The van der Waals surface area contributed by atoms with Crippen LogP contribution in [-0.4, -0.2) is 17.2 Å². The van der Waals surface area contributed by atoms with Gasteiger partial charge in [-0.05, 0) is 35.6 Å². The number of rotatable bonds is 6. The van der Waals surface area contributed by atoms with E-state index in [1.54, 1.807) is 12.1 Å². The van der Waals surface area contributed by atoms with Crippen LogP contribution in [0, 0.1) is 5.82 Å². The van der Waals surface area contributed by atoms with Crippen LogP contribution >= 0.6 is 0 Å². The number of hydrogen-bond donors (Lipinski definition) is 2. The highest BCUT2D eigenvalue weighted by Gasteiger charge is 2.21. The monoisotopic (exact) mass is 286 g/mol. The smallest absolute Gasteiger partial charge is 0.423 e. The number of hydrogen-bond acceptors (Lipinski definition) is 2. The van der Waals surface area contributed by atoms with Gasteiger partial charge in [0.25, 0.3) is 0 Å². The maximum absolute atomic E-state index is 13.8. The molecular formula is C17H20BFO2. The summed E-state index contributed by atoms with van der Waals surface area (Å²) in [5.41, 5.74) is 2.48. The number of aryl methyl sites for hydroxylation is 1. The molecule has 0 aliphatic rings. The second-order valence-electron chi connectivity index (χ2n) is 5.23. The molecule has 4 heteroatoms. The third-order valence-corrected chi connectivity index (χ3v) is 3.65. The molecule has 0 saturated heterocycles. The van der Waals surface area contributed by atoms with Crippen molar-refractivity contribution in [3.63, 3.8) is 0 Å². The summed E-state index contributed by atoms with van der Waals surface area (Å²) in [5.74, 6) is -0.602. The van der Waals surface area contributed by atoms with Crippen molar-refractivity contribution in [2.75, 3.05) is 0 Å². The Morgan fingerprint density at radius 1 is 1.00 bits per heavy atom. The molecule has 2 nitrogen and oxygen atoms in total. The summed E-state index contributed by atoms with van der Waals surface area (Å²) >= 11 is 0. The van der Waals surface area contributed by atoms with Crippen LogP contribution in [0.3, 0.4) is 0 Å². The minimum atomic E-state index is -1.81. The van der Waals surface area contributed by atoms with Gasteiger partial charge in [0, 0.05) is 5.46 Å².